The van der Waals surface area contributed by atoms with E-state index in [4.69, 9.17) is 4.74 Å². The third kappa shape index (κ3) is 2.09. The molecule has 1 N–H and O–H groups in total. The first-order valence-electron chi connectivity index (χ1n) is 7.10. The number of hydrogen-bond acceptors (Lipinski definition) is 1. The van der Waals surface area contributed by atoms with Crippen molar-refractivity contribution in [3.05, 3.63) is 65.1 Å². The smallest absolute Gasteiger partial charge is 0.118 e. The van der Waals surface area contributed by atoms with E-state index < -0.39 is 0 Å². The van der Waals surface area contributed by atoms with Gasteiger partial charge in [-0.2, -0.15) is 0 Å². The van der Waals surface area contributed by atoms with Crippen LogP contribution in [0, 0.1) is 0 Å². The number of H-pyrrole nitrogens is 1. The Morgan fingerprint density at radius 1 is 0.909 bits per heavy atom. The van der Waals surface area contributed by atoms with E-state index in [1.54, 1.807) is 7.11 Å². The maximum Gasteiger partial charge on any atom is 0.118 e. The second-order valence-electron chi connectivity index (χ2n) is 5.27. The average Bonchev–Trinajstić information content (AvgIpc) is 2.93. The molecule has 0 amide bonds. The minimum atomic E-state index is 0.867. The number of hydrogen-bond donors (Lipinski definition) is 1. The number of fused-ring (bicyclic) bond motifs is 3. The fourth-order valence-corrected chi connectivity index (χ4v) is 3.37. The van der Waals surface area contributed by atoms with E-state index in [1.807, 2.05) is 12.1 Å². The quantitative estimate of drug-likeness (QED) is 0.488. The third-order valence-electron chi connectivity index (χ3n) is 3.98. The van der Waals surface area contributed by atoms with Gasteiger partial charge < -0.3 is 9.72 Å². The van der Waals surface area contributed by atoms with Gasteiger partial charge >= 0.3 is 0 Å². The molecule has 0 aliphatic heterocycles. The lowest BCUT2D eigenvalue weighted by molar-refractivity contribution is 0.415. The first-order valence-corrected chi connectivity index (χ1v) is 7.90. The maximum absolute atomic E-state index is 5.25. The Balaban J connectivity index is 2.03. The third-order valence-corrected chi connectivity index (χ3v) is 4.44. The molecule has 4 aromatic rings. The van der Waals surface area contributed by atoms with E-state index in [1.165, 1.54) is 21.9 Å². The van der Waals surface area contributed by atoms with Crippen molar-refractivity contribution in [3.63, 3.8) is 0 Å². The predicted octanol–water partition coefficient (Wildman–Crippen LogP) is 5.76. The molecule has 1 heterocycles. The summed E-state index contributed by atoms with van der Waals surface area (Å²) in [4.78, 5) is 3.55. The van der Waals surface area contributed by atoms with Crippen LogP contribution in [0.15, 0.2) is 65.1 Å². The van der Waals surface area contributed by atoms with E-state index in [-0.39, 0.29) is 0 Å². The lowest BCUT2D eigenvalue weighted by atomic mass is 10.0. The topological polar surface area (TPSA) is 25.0 Å². The molecular weight excluding hydrogens is 338 g/mol. The van der Waals surface area contributed by atoms with Crippen LogP contribution < -0.4 is 4.74 Å². The molecule has 0 radical (unpaired) electrons. The van der Waals surface area contributed by atoms with Gasteiger partial charge in [0, 0.05) is 26.3 Å². The zero-order chi connectivity index (χ0) is 15.1. The van der Waals surface area contributed by atoms with Crippen LogP contribution in [-0.2, 0) is 0 Å². The van der Waals surface area contributed by atoms with Gasteiger partial charge in [-0.05, 0) is 35.9 Å². The van der Waals surface area contributed by atoms with Crippen LogP contribution in [0.25, 0.3) is 32.9 Å². The fraction of sp³-hybridized carbons (Fsp3) is 0.0526. The summed E-state index contributed by atoms with van der Waals surface area (Å²) in [7, 11) is 1.68. The number of benzene rings is 3. The highest BCUT2D eigenvalue weighted by Crippen LogP contribution is 2.36. The van der Waals surface area contributed by atoms with Crippen molar-refractivity contribution in [2.45, 2.75) is 0 Å². The fourth-order valence-electron chi connectivity index (χ4n) is 2.91. The van der Waals surface area contributed by atoms with Gasteiger partial charge in [0.05, 0.1) is 12.6 Å². The molecule has 0 unspecified atom stereocenters. The minimum Gasteiger partial charge on any atom is -0.497 e. The summed E-state index contributed by atoms with van der Waals surface area (Å²) in [6, 6.07) is 20.9. The van der Waals surface area contributed by atoms with Crippen molar-refractivity contribution in [3.8, 4) is 16.9 Å². The molecule has 0 aliphatic carbocycles. The first kappa shape index (κ1) is 13.4. The molecule has 2 nitrogen and oxygen atoms in total. The van der Waals surface area contributed by atoms with Crippen LogP contribution >= 0.6 is 15.9 Å². The summed E-state index contributed by atoms with van der Waals surface area (Å²) < 4.78 is 6.33. The Morgan fingerprint density at radius 3 is 2.45 bits per heavy atom. The SMILES string of the molecule is COc1ccc(-c2cc(Br)cc3c2[nH]c2ccccc23)cc1. The van der Waals surface area contributed by atoms with Crippen LogP contribution in [0.3, 0.4) is 0 Å². The molecule has 0 atom stereocenters. The van der Waals surface area contributed by atoms with Gasteiger partial charge in [-0.3, -0.25) is 0 Å². The van der Waals surface area contributed by atoms with Crippen LogP contribution in [0.2, 0.25) is 0 Å². The number of nitrogens with one attached hydrogen (secondary N) is 1. The van der Waals surface area contributed by atoms with E-state index in [9.17, 15) is 0 Å². The number of aromatic amines is 1. The summed E-state index contributed by atoms with van der Waals surface area (Å²) >= 11 is 3.64. The molecule has 1 aromatic heterocycles. The lowest BCUT2D eigenvalue weighted by Crippen LogP contribution is -1.84. The van der Waals surface area contributed by atoms with E-state index in [0.717, 1.165) is 21.3 Å². The highest BCUT2D eigenvalue weighted by atomic mass is 79.9. The molecule has 0 aliphatic rings. The Labute approximate surface area is 136 Å². The number of methoxy groups -OCH3 is 1. The molecule has 0 spiro atoms. The van der Waals surface area contributed by atoms with Crippen molar-refractivity contribution in [2.24, 2.45) is 0 Å². The van der Waals surface area contributed by atoms with Crippen LogP contribution in [0.1, 0.15) is 0 Å². The summed E-state index contributed by atoms with van der Waals surface area (Å²) in [5.41, 5.74) is 4.67. The average molecular weight is 352 g/mol. The molecule has 3 heteroatoms. The summed E-state index contributed by atoms with van der Waals surface area (Å²) in [6.45, 7) is 0. The highest BCUT2D eigenvalue weighted by molar-refractivity contribution is 9.10. The molecule has 22 heavy (non-hydrogen) atoms. The van der Waals surface area contributed by atoms with E-state index in [0.29, 0.717) is 0 Å². The van der Waals surface area contributed by atoms with Crippen molar-refractivity contribution in [1.29, 1.82) is 0 Å². The van der Waals surface area contributed by atoms with Crippen molar-refractivity contribution >= 4 is 37.7 Å². The Bertz CT molecular complexity index is 970. The summed E-state index contributed by atoms with van der Waals surface area (Å²) in [5.74, 6) is 0.867. The standard InChI is InChI=1S/C19H14BrNO/c1-22-14-8-6-12(7-9-14)16-10-13(20)11-17-15-4-2-3-5-18(15)21-19(16)17/h2-11,21H,1H3. The summed E-state index contributed by atoms with van der Waals surface area (Å²) in [5, 5.41) is 2.48. The second kappa shape index (κ2) is 5.18. The van der Waals surface area contributed by atoms with Gasteiger partial charge in [-0.1, -0.05) is 46.3 Å². The molecule has 108 valence electrons. The largest absolute Gasteiger partial charge is 0.497 e. The Hall–Kier alpha value is -2.26. The van der Waals surface area contributed by atoms with Crippen molar-refractivity contribution < 1.29 is 4.74 Å². The first-order chi connectivity index (χ1) is 10.8. The number of halogens is 1. The normalized spacial score (nSPS) is 11.2. The molecular formula is C19H14BrNO. The van der Waals surface area contributed by atoms with Gasteiger partial charge in [0.1, 0.15) is 5.75 Å². The van der Waals surface area contributed by atoms with Crippen molar-refractivity contribution in [2.75, 3.05) is 7.11 Å². The van der Waals surface area contributed by atoms with Gasteiger partial charge in [0.15, 0.2) is 0 Å². The summed E-state index contributed by atoms with van der Waals surface area (Å²) in [6.07, 6.45) is 0. The number of para-hydroxylation sites is 1. The minimum absolute atomic E-state index is 0.867. The van der Waals surface area contributed by atoms with E-state index in [2.05, 4.69) is 69.4 Å². The Morgan fingerprint density at radius 2 is 1.68 bits per heavy atom. The van der Waals surface area contributed by atoms with Crippen LogP contribution in [0.4, 0.5) is 0 Å². The molecule has 0 saturated carbocycles. The molecule has 0 fully saturated rings. The van der Waals surface area contributed by atoms with Gasteiger partial charge in [-0.25, -0.2) is 0 Å². The van der Waals surface area contributed by atoms with Gasteiger partial charge in [-0.15, -0.1) is 0 Å². The van der Waals surface area contributed by atoms with E-state index >= 15 is 0 Å². The predicted molar refractivity (Wildman–Crippen MR) is 95.5 cm³/mol. The zero-order valence-corrected chi connectivity index (χ0v) is 13.6. The lowest BCUT2D eigenvalue weighted by Gasteiger charge is -2.06. The maximum atomic E-state index is 5.25. The Kier molecular flexibility index (Phi) is 3.16. The highest BCUT2D eigenvalue weighted by Gasteiger charge is 2.11. The molecule has 3 aromatic carbocycles. The number of aromatic nitrogens is 1. The van der Waals surface area contributed by atoms with Crippen molar-refractivity contribution in [1.82, 2.24) is 4.98 Å². The number of rotatable bonds is 2. The monoisotopic (exact) mass is 351 g/mol. The van der Waals surface area contributed by atoms with Gasteiger partial charge in [0.2, 0.25) is 0 Å². The van der Waals surface area contributed by atoms with Crippen LogP contribution in [0.5, 0.6) is 5.75 Å². The second-order valence-corrected chi connectivity index (χ2v) is 6.19. The number of ether oxygens (including phenoxy) is 1. The van der Waals surface area contributed by atoms with Crippen LogP contribution in [-0.4, -0.2) is 12.1 Å². The molecule has 4 rings (SSSR count). The van der Waals surface area contributed by atoms with Gasteiger partial charge in [0.25, 0.3) is 0 Å². The zero-order valence-electron chi connectivity index (χ0n) is 12.1. The molecule has 0 bridgehead atoms. The molecule has 0 saturated heterocycles.